The molecule has 0 spiro atoms. The fourth-order valence-corrected chi connectivity index (χ4v) is 6.26. The van der Waals surface area contributed by atoms with Crippen LogP contribution in [0.2, 0.25) is 13.1 Å². The van der Waals surface area contributed by atoms with Gasteiger partial charge in [0, 0.05) is 8.80 Å². The van der Waals surface area contributed by atoms with Crippen molar-refractivity contribution >= 4 is 8.80 Å². The van der Waals surface area contributed by atoms with E-state index in [1.807, 2.05) is 0 Å². The molecule has 0 N–H and O–H groups in total. The minimum Gasteiger partial charge on any atom is -1.00 e. The van der Waals surface area contributed by atoms with E-state index in [1.54, 1.807) is 11.1 Å². The Labute approximate surface area is 166 Å². The number of halogens is 2. The SMILES string of the molecule is CC1=C(C)C([N-]C2CCCCC2)([Si](C)C)C(C)=C1C.[Cl-].[Cl-].[Ti+4]. The van der Waals surface area contributed by atoms with Crippen LogP contribution in [0.15, 0.2) is 22.3 Å². The van der Waals surface area contributed by atoms with Gasteiger partial charge in [0.1, 0.15) is 0 Å². The summed E-state index contributed by atoms with van der Waals surface area (Å²) in [6, 6.07) is 0.609. The second kappa shape index (κ2) is 10.1. The molecule has 0 aromatic heterocycles. The molecule has 0 bridgehead atoms. The van der Waals surface area contributed by atoms with Gasteiger partial charge in [-0.2, -0.15) is 0 Å². The predicted octanol–water partition coefficient (Wildman–Crippen LogP) is -0.583. The smallest absolute Gasteiger partial charge is 1.00 e. The molecular weight excluding hydrogens is 365 g/mol. The zero-order valence-corrected chi connectivity index (χ0v) is 18.9. The fourth-order valence-electron chi connectivity index (χ4n) is 3.94. The first-order valence-corrected chi connectivity index (χ1v) is 10.3. The van der Waals surface area contributed by atoms with Crippen molar-refractivity contribution in [3.63, 3.8) is 0 Å². The van der Waals surface area contributed by atoms with Crippen LogP contribution in [0.25, 0.3) is 5.32 Å². The maximum atomic E-state index is 5.46. The molecule has 5 heteroatoms. The van der Waals surface area contributed by atoms with E-state index in [-0.39, 0.29) is 51.7 Å². The molecule has 1 saturated carbocycles. The molecule has 0 unspecified atom stereocenters. The summed E-state index contributed by atoms with van der Waals surface area (Å²) in [7, 11) is -0.515. The average molecular weight is 394 g/mol. The average Bonchev–Trinajstić information content (AvgIpc) is 2.56. The first-order chi connectivity index (χ1) is 8.91. The van der Waals surface area contributed by atoms with Crippen LogP contribution >= 0.6 is 0 Å². The monoisotopic (exact) mass is 393 g/mol. The molecule has 0 saturated heterocycles. The van der Waals surface area contributed by atoms with Crippen molar-refractivity contribution in [2.24, 2.45) is 0 Å². The Kier molecular flexibility index (Phi) is 11.5. The Hall–Kier alpha value is 0.951. The van der Waals surface area contributed by atoms with Crippen molar-refractivity contribution in [1.82, 2.24) is 0 Å². The second-order valence-corrected chi connectivity index (χ2v) is 9.35. The summed E-state index contributed by atoms with van der Waals surface area (Å²) < 4.78 is 0. The molecule has 2 aliphatic carbocycles. The van der Waals surface area contributed by atoms with E-state index in [9.17, 15) is 0 Å². The van der Waals surface area contributed by atoms with Crippen LogP contribution in [0.4, 0.5) is 0 Å². The van der Waals surface area contributed by atoms with E-state index in [4.69, 9.17) is 5.32 Å². The fraction of sp³-hybridized carbons (Fsp3) is 0.765. The predicted molar refractivity (Wildman–Crippen MR) is 87.2 cm³/mol. The molecule has 0 heterocycles. The van der Waals surface area contributed by atoms with Gasteiger partial charge in [-0.3, -0.25) is 0 Å². The van der Waals surface area contributed by atoms with Gasteiger partial charge < -0.3 is 30.1 Å². The van der Waals surface area contributed by atoms with Gasteiger partial charge in [0.2, 0.25) is 0 Å². The van der Waals surface area contributed by atoms with Crippen LogP contribution in [0.5, 0.6) is 0 Å². The zero-order chi connectivity index (χ0) is 14.2. The Bertz CT molecular complexity index is 402. The summed E-state index contributed by atoms with van der Waals surface area (Å²) in [4.78, 5) is 0. The molecule has 1 nitrogen and oxygen atoms in total. The van der Waals surface area contributed by atoms with E-state index in [0.29, 0.717) is 6.04 Å². The van der Waals surface area contributed by atoms with Gasteiger partial charge in [-0.1, -0.05) is 72.7 Å². The van der Waals surface area contributed by atoms with E-state index < -0.39 is 8.80 Å². The van der Waals surface area contributed by atoms with Crippen LogP contribution in [0, 0.1) is 0 Å². The maximum absolute atomic E-state index is 5.46. The molecule has 123 valence electrons. The van der Waals surface area contributed by atoms with Crippen molar-refractivity contribution < 1.29 is 46.5 Å². The summed E-state index contributed by atoms with van der Waals surface area (Å²) in [6.45, 7) is 14.1. The van der Waals surface area contributed by atoms with Crippen molar-refractivity contribution in [2.75, 3.05) is 0 Å². The van der Waals surface area contributed by atoms with Crippen LogP contribution in [0.1, 0.15) is 59.8 Å². The van der Waals surface area contributed by atoms with Gasteiger partial charge in [0.05, 0.1) is 0 Å². The van der Waals surface area contributed by atoms with Crippen LogP contribution < -0.4 is 24.8 Å². The topological polar surface area (TPSA) is 14.1 Å². The molecule has 0 amide bonds. The summed E-state index contributed by atoms with van der Waals surface area (Å²) >= 11 is 0. The summed E-state index contributed by atoms with van der Waals surface area (Å²) in [5.41, 5.74) is 6.10. The molecule has 0 aromatic carbocycles. The third-order valence-corrected chi connectivity index (χ3v) is 7.77. The van der Waals surface area contributed by atoms with Crippen molar-refractivity contribution in [3.05, 3.63) is 27.6 Å². The van der Waals surface area contributed by atoms with Gasteiger partial charge in [0.15, 0.2) is 0 Å². The van der Waals surface area contributed by atoms with Gasteiger partial charge in [-0.15, -0.1) is 6.04 Å². The van der Waals surface area contributed by atoms with Crippen LogP contribution in [0.3, 0.4) is 0 Å². The van der Waals surface area contributed by atoms with Crippen molar-refractivity contribution in [1.29, 1.82) is 0 Å². The first kappa shape index (κ1) is 25.2. The second-order valence-electron chi connectivity index (χ2n) is 6.63. The van der Waals surface area contributed by atoms with Gasteiger partial charge in [-0.05, 0) is 27.7 Å². The third-order valence-electron chi connectivity index (χ3n) is 5.45. The maximum Gasteiger partial charge on any atom is 4.00 e. The number of allylic oxidation sites excluding steroid dienone is 2. The minimum atomic E-state index is -0.515. The molecule has 2 aliphatic rings. The molecule has 22 heavy (non-hydrogen) atoms. The minimum absolute atomic E-state index is 0. The normalized spacial score (nSPS) is 21.4. The zero-order valence-electron chi connectivity index (χ0n) is 14.8. The Balaban J connectivity index is 0. The number of rotatable bonds is 3. The molecule has 1 radical (unpaired) electrons. The number of hydrogen-bond acceptors (Lipinski definition) is 0. The van der Waals surface area contributed by atoms with E-state index in [0.717, 1.165) is 0 Å². The van der Waals surface area contributed by atoms with Gasteiger partial charge >= 0.3 is 21.7 Å². The standard InChI is InChI=1S/C17H29NSi.2ClH.Ti/c1-12-13(2)15(4)17(14(12)3,19(5)6)18-16-10-8-7-9-11-16;;;/h16H,7-11H2,1-6H3;2*1H;/q-1;;;+4/p-2. The van der Waals surface area contributed by atoms with Crippen LogP contribution in [-0.2, 0) is 21.7 Å². The summed E-state index contributed by atoms with van der Waals surface area (Å²) in [5.74, 6) is 0. The Morgan fingerprint density at radius 1 is 0.864 bits per heavy atom. The molecule has 0 aliphatic heterocycles. The molecular formula is C17H29Cl2NSiTi+. The van der Waals surface area contributed by atoms with Gasteiger partial charge in [0.25, 0.3) is 0 Å². The molecule has 1 fully saturated rings. The Morgan fingerprint density at radius 2 is 1.27 bits per heavy atom. The summed E-state index contributed by atoms with van der Waals surface area (Å²) in [5, 5.41) is 5.56. The first-order valence-electron chi connectivity index (χ1n) is 7.80. The van der Waals surface area contributed by atoms with Crippen molar-refractivity contribution in [3.8, 4) is 0 Å². The third kappa shape index (κ3) is 4.32. The Morgan fingerprint density at radius 3 is 1.64 bits per heavy atom. The van der Waals surface area contributed by atoms with Crippen LogP contribution in [-0.4, -0.2) is 20.0 Å². The van der Waals surface area contributed by atoms with E-state index >= 15 is 0 Å². The van der Waals surface area contributed by atoms with E-state index in [2.05, 4.69) is 40.8 Å². The number of hydrogen-bond donors (Lipinski definition) is 0. The van der Waals surface area contributed by atoms with Gasteiger partial charge in [-0.25, -0.2) is 0 Å². The largest absolute Gasteiger partial charge is 4.00 e. The quantitative estimate of drug-likeness (QED) is 0.569. The summed E-state index contributed by atoms with van der Waals surface area (Å²) in [6.07, 6.45) is 6.80. The molecule has 0 aromatic rings. The molecule has 2 rings (SSSR count). The van der Waals surface area contributed by atoms with E-state index in [1.165, 1.54) is 43.3 Å². The van der Waals surface area contributed by atoms with Crippen molar-refractivity contribution in [2.45, 2.75) is 84.1 Å². The molecule has 0 atom stereocenters. The number of nitrogens with zero attached hydrogens (tertiary/aromatic N) is 1.